The third-order valence-electron chi connectivity index (χ3n) is 4.17. The van der Waals surface area contributed by atoms with Crippen molar-refractivity contribution in [3.05, 3.63) is 82.6 Å². The minimum Gasteiger partial charge on any atom is -0.493 e. The minimum absolute atomic E-state index is 0.152. The van der Waals surface area contributed by atoms with Crippen molar-refractivity contribution in [1.29, 1.82) is 0 Å². The number of aromatic nitrogens is 1. The molecule has 2 amide bonds. The molecule has 3 aromatic rings. The van der Waals surface area contributed by atoms with E-state index >= 15 is 0 Å². The number of anilines is 1. The Morgan fingerprint density at radius 1 is 1.00 bits per heavy atom. The number of amides is 2. The van der Waals surface area contributed by atoms with Gasteiger partial charge in [-0.2, -0.15) is 5.10 Å². The number of halogens is 1. The van der Waals surface area contributed by atoms with Crippen molar-refractivity contribution >= 4 is 35.3 Å². The van der Waals surface area contributed by atoms with Gasteiger partial charge in [-0.1, -0.05) is 17.7 Å². The lowest BCUT2D eigenvalue weighted by Gasteiger charge is -2.12. The molecule has 31 heavy (non-hydrogen) atoms. The van der Waals surface area contributed by atoms with Crippen LogP contribution in [0.5, 0.6) is 11.5 Å². The number of hydrazone groups is 1. The van der Waals surface area contributed by atoms with Crippen LogP contribution in [-0.2, 0) is 0 Å². The molecule has 1 heterocycles. The minimum atomic E-state index is -0.544. The number of carbonyl (C=O) groups is 2. The van der Waals surface area contributed by atoms with Gasteiger partial charge in [0.2, 0.25) is 0 Å². The van der Waals surface area contributed by atoms with E-state index in [9.17, 15) is 9.59 Å². The first kappa shape index (κ1) is 21.8. The number of nitrogens with one attached hydrogen (secondary N) is 2. The normalized spacial score (nSPS) is 10.5. The predicted octanol–water partition coefficient (Wildman–Crippen LogP) is 3.77. The first-order valence-electron chi connectivity index (χ1n) is 9.09. The molecular weight excluding hydrogens is 420 g/mol. The summed E-state index contributed by atoms with van der Waals surface area (Å²) in [7, 11) is 2.99. The van der Waals surface area contributed by atoms with Crippen molar-refractivity contribution in [2.24, 2.45) is 5.10 Å². The highest BCUT2D eigenvalue weighted by Crippen LogP contribution is 2.28. The molecule has 0 saturated carbocycles. The predicted molar refractivity (Wildman–Crippen MR) is 118 cm³/mol. The monoisotopic (exact) mass is 438 g/mol. The number of hydrogen-bond donors (Lipinski definition) is 2. The maximum Gasteiger partial charge on any atom is 0.273 e. The summed E-state index contributed by atoms with van der Waals surface area (Å²) < 4.78 is 10.4. The zero-order valence-electron chi connectivity index (χ0n) is 16.8. The van der Waals surface area contributed by atoms with E-state index in [-0.39, 0.29) is 11.3 Å². The van der Waals surface area contributed by atoms with Gasteiger partial charge in [0.25, 0.3) is 11.8 Å². The highest BCUT2D eigenvalue weighted by atomic mass is 35.5. The van der Waals surface area contributed by atoms with Crippen LogP contribution in [0.3, 0.4) is 0 Å². The van der Waals surface area contributed by atoms with Crippen LogP contribution in [0.1, 0.15) is 26.4 Å². The number of methoxy groups -OCH3 is 2. The molecule has 2 N–H and O–H groups in total. The van der Waals surface area contributed by atoms with Crippen LogP contribution >= 0.6 is 11.6 Å². The summed E-state index contributed by atoms with van der Waals surface area (Å²) in [6, 6.07) is 14.6. The van der Waals surface area contributed by atoms with Gasteiger partial charge >= 0.3 is 0 Å². The lowest BCUT2D eigenvalue weighted by atomic mass is 10.1. The summed E-state index contributed by atoms with van der Waals surface area (Å²) in [6.07, 6.45) is 3.02. The Balaban J connectivity index is 1.78. The third kappa shape index (κ3) is 5.58. The van der Waals surface area contributed by atoms with Gasteiger partial charge in [-0.15, -0.1) is 0 Å². The Morgan fingerprint density at radius 3 is 2.52 bits per heavy atom. The van der Waals surface area contributed by atoms with E-state index in [0.29, 0.717) is 27.8 Å². The van der Waals surface area contributed by atoms with E-state index in [2.05, 4.69) is 20.8 Å². The molecule has 0 atom stereocenters. The number of pyridine rings is 1. The summed E-state index contributed by atoms with van der Waals surface area (Å²) >= 11 is 6.05. The molecule has 0 unspecified atom stereocenters. The molecule has 158 valence electrons. The maximum atomic E-state index is 12.7. The Kier molecular flexibility index (Phi) is 7.18. The van der Waals surface area contributed by atoms with Gasteiger partial charge in [-0.3, -0.25) is 14.6 Å². The SMILES string of the molecule is COc1ccc(C(=O)Nc2ccc(Cl)cc2C(=O)NN=Cc2ccccn2)cc1OC. The van der Waals surface area contributed by atoms with Crippen LogP contribution in [0, 0.1) is 0 Å². The second kappa shape index (κ2) is 10.2. The third-order valence-corrected chi connectivity index (χ3v) is 4.41. The Bertz CT molecular complexity index is 1120. The fourth-order valence-corrected chi connectivity index (χ4v) is 2.83. The van der Waals surface area contributed by atoms with Crippen LogP contribution < -0.4 is 20.2 Å². The van der Waals surface area contributed by atoms with E-state index in [0.717, 1.165) is 0 Å². The molecule has 2 aromatic carbocycles. The fraction of sp³-hybridized carbons (Fsp3) is 0.0909. The second-order valence-electron chi connectivity index (χ2n) is 6.17. The number of rotatable bonds is 7. The molecule has 0 spiro atoms. The first-order chi connectivity index (χ1) is 15.0. The molecule has 0 bridgehead atoms. The van der Waals surface area contributed by atoms with Crippen molar-refractivity contribution in [3.8, 4) is 11.5 Å². The Labute approximate surface area is 183 Å². The molecule has 3 rings (SSSR count). The van der Waals surface area contributed by atoms with E-state index in [1.165, 1.54) is 26.5 Å². The second-order valence-corrected chi connectivity index (χ2v) is 6.60. The van der Waals surface area contributed by atoms with Crippen LogP contribution in [0.15, 0.2) is 65.9 Å². The van der Waals surface area contributed by atoms with Gasteiger partial charge in [-0.05, 0) is 48.5 Å². The molecule has 0 radical (unpaired) electrons. The molecule has 0 fully saturated rings. The van der Waals surface area contributed by atoms with Crippen molar-refractivity contribution in [1.82, 2.24) is 10.4 Å². The summed E-state index contributed by atoms with van der Waals surface area (Å²) in [6.45, 7) is 0. The van der Waals surface area contributed by atoms with E-state index < -0.39 is 11.8 Å². The summed E-state index contributed by atoms with van der Waals surface area (Å²) in [5, 5.41) is 6.94. The van der Waals surface area contributed by atoms with Gasteiger partial charge in [0.15, 0.2) is 11.5 Å². The van der Waals surface area contributed by atoms with Crippen LogP contribution in [0.4, 0.5) is 5.69 Å². The highest BCUT2D eigenvalue weighted by molar-refractivity contribution is 6.31. The van der Waals surface area contributed by atoms with Gasteiger partial charge in [-0.25, -0.2) is 5.43 Å². The fourth-order valence-electron chi connectivity index (χ4n) is 2.65. The zero-order chi connectivity index (χ0) is 22.2. The van der Waals surface area contributed by atoms with Gasteiger partial charge in [0.05, 0.1) is 37.4 Å². The summed E-state index contributed by atoms with van der Waals surface area (Å²) in [5.41, 5.74) is 3.74. The number of nitrogens with zero attached hydrogens (tertiary/aromatic N) is 2. The summed E-state index contributed by atoms with van der Waals surface area (Å²) in [4.78, 5) is 29.4. The number of hydrogen-bond acceptors (Lipinski definition) is 6. The van der Waals surface area contributed by atoms with E-state index in [4.69, 9.17) is 21.1 Å². The van der Waals surface area contributed by atoms with Crippen molar-refractivity contribution < 1.29 is 19.1 Å². The first-order valence-corrected chi connectivity index (χ1v) is 9.47. The highest BCUT2D eigenvalue weighted by Gasteiger charge is 2.16. The van der Waals surface area contributed by atoms with E-state index in [1.54, 1.807) is 54.7 Å². The molecule has 0 aliphatic carbocycles. The average molecular weight is 439 g/mol. The maximum absolute atomic E-state index is 12.7. The van der Waals surface area contributed by atoms with Crippen LogP contribution in [0.25, 0.3) is 0 Å². The smallest absolute Gasteiger partial charge is 0.273 e. The summed E-state index contributed by atoms with van der Waals surface area (Å²) in [5.74, 6) is -0.0731. The number of carbonyl (C=O) groups excluding carboxylic acids is 2. The molecule has 0 aliphatic rings. The van der Waals surface area contributed by atoms with Gasteiger partial charge < -0.3 is 14.8 Å². The topological polar surface area (TPSA) is 102 Å². The van der Waals surface area contributed by atoms with Crippen LogP contribution in [0.2, 0.25) is 5.02 Å². The lowest BCUT2D eigenvalue weighted by Crippen LogP contribution is -2.21. The van der Waals surface area contributed by atoms with Crippen molar-refractivity contribution in [2.75, 3.05) is 19.5 Å². The number of benzene rings is 2. The zero-order valence-corrected chi connectivity index (χ0v) is 17.5. The Hall–Kier alpha value is -3.91. The molecular formula is C22H19ClN4O4. The largest absolute Gasteiger partial charge is 0.493 e. The van der Waals surface area contributed by atoms with Crippen LogP contribution in [-0.4, -0.2) is 37.2 Å². The molecule has 1 aromatic heterocycles. The molecule has 8 nitrogen and oxygen atoms in total. The standard InChI is InChI=1S/C22H19ClN4O4/c1-30-19-9-6-14(11-20(19)31-2)21(28)26-18-8-7-15(23)12-17(18)22(29)27-25-13-16-5-3-4-10-24-16/h3-13H,1-2H3,(H,26,28)(H,27,29). The molecule has 0 aliphatic heterocycles. The van der Waals surface area contributed by atoms with Crippen molar-refractivity contribution in [3.63, 3.8) is 0 Å². The Morgan fingerprint density at radius 2 is 1.81 bits per heavy atom. The lowest BCUT2D eigenvalue weighted by molar-refractivity contribution is 0.0956. The van der Waals surface area contributed by atoms with Gasteiger partial charge in [0.1, 0.15) is 0 Å². The quantitative estimate of drug-likeness (QED) is 0.432. The van der Waals surface area contributed by atoms with Crippen molar-refractivity contribution in [2.45, 2.75) is 0 Å². The van der Waals surface area contributed by atoms with Gasteiger partial charge in [0, 0.05) is 16.8 Å². The average Bonchev–Trinajstić information content (AvgIpc) is 2.80. The molecule has 9 heteroatoms. The molecule has 0 saturated heterocycles. The van der Waals surface area contributed by atoms with E-state index in [1.807, 2.05) is 0 Å². The number of ether oxygens (including phenoxy) is 2.